The van der Waals surface area contributed by atoms with Crippen molar-refractivity contribution >= 4 is 33.0 Å². The van der Waals surface area contributed by atoms with Gasteiger partial charge in [0.15, 0.2) is 11.4 Å². The zero-order valence-corrected chi connectivity index (χ0v) is 17.1. The van der Waals surface area contributed by atoms with Crippen molar-refractivity contribution in [2.45, 2.75) is 30.6 Å². The minimum Gasteiger partial charge on any atom is -0.394 e. The van der Waals surface area contributed by atoms with Crippen LogP contribution in [0.25, 0.3) is 10.8 Å². The summed E-state index contributed by atoms with van der Waals surface area (Å²) in [5.41, 5.74) is 0.534. The monoisotopic (exact) mass is 456 g/mol. The summed E-state index contributed by atoms with van der Waals surface area (Å²) in [6, 6.07) is 13.2. The summed E-state index contributed by atoms with van der Waals surface area (Å²) in [6.07, 6.45) is -5.05. The van der Waals surface area contributed by atoms with E-state index >= 15 is 0 Å². The molecule has 30 heavy (non-hydrogen) atoms. The standard InChI is InChI=1S/C20H20N2O6S.Ar/c23-9-13-16(25)17(26)18(27)19(28-13)22-20-21-8-14(29-20)15(24)12-6-5-10-3-1-2-4-11(10)7-12;/h1-8,13,16-19,23,25-27H,9H2,(H,21,22);/t13?,16-,17+,18?,19+;/m1./s1. The molecule has 1 aliphatic heterocycles. The molecular formula is C20H20ArN2O6S. The third kappa shape index (κ3) is 4.69. The number of aromatic nitrogens is 1. The number of benzene rings is 2. The van der Waals surface area contributed by atoms with Gasteiger partial charge in [-0.1, -0.05) is 47.7 Å². The second-order valence-corrected chi connectivity index (χ2v) is 7.85. The van der Waals surface area contributed by atoms with Crippen LogP contribution in [0, 0.1) is 37.7 Å². The van der Waals surface area contributed by atoms with E-state index in [4.69, 9.17) is 4.74 Å². The number of nitrogens with one attached hydrogen (secondary N) is 1. The summed E-state index contributed by atoms with van der Waals surface area (Å²) in [5, 5.41) is 44.2. The first kappa shape index (κ1) is 23.5. The van der Waals surface area contributed by atoms with Crippen molar-refractivity contribution in [3.05, 3.63) is 59.1 Å². The van der Waals surface area contributed by atoms with E-state index in [1.165, 1.54) is 6.20 Å². The zero-order valence-electron chi connectivity index (χ0n) is 15.5. The van der Waals surface area contributed by atoms with Crippen LogP contribution in [0.3, 0.4) is 0 Å². The number of anilines is 1. The van der Waals surface area contributed by atoms with Crippen LogP contribution in [0.4, 0.5) is 5.13 Å². The van der Waals surface area contributed by atoms with E-state index in [0.717, 1.165) is 22.1 Å². The average molecular weight is 456 g/mol. The van der Waals surface area contributed by atoms with E-state index < -0.39 is 37.3 Å². The van der Waals surface area contributed by atoms with E-state index in [9.17, 15) is 25.2 Å². The van der Waals surface area contributed by atoms with Crippen LogP contribution < -0.4 is 5.32 Å². The van der Waals surface area contributed by atoms with E-state index in [0.29, 0.717) is 15.6 Å². The molecule has 4 rings (SSSR count). The first-order valence-corrected chi connectivity index (χ1v) is 9.86. The molecule has 8 nitrogen and oxygen atoms in total. The van der Waals surface area contributed by atoms with E-state index in [1.807, 2.05) is 36.4 Å². The van der Waals surface area contributed by atoms with Gasteiger partial charge in [0.1, 0.15) is 24.4 Å². The van der Waals surface area contributed by atoms with Gasteiger partial charge in [-0.05, 0) is 16.8 Å². The minimum absolute atomic E-state index is 0. The van der Waals surface area contributed by atoms with Gasteiger partial charge in [0.25, 0.3) is 0 Å². The molecule has 1 saturated heterocycles. The van der Waals surface area contributed by atoms with Crippen LogP contribution in [0.2, 0.25) is 0 Å². The van der Waals surface area contributed by atoms with Gasteiger partial charge in [0.2, 0.25) is 5.78 Å². The number of carbonyl (C=O) groups is 1. The average Bonchev–Trinajstić information content (AvgIpc) is 3.21. The first-order chi connectivity index (χ1) is 14.0. The minimum atomic E-state index is -1.49. The Bertz CT molecular complexity index is 1030. The van der Waals surface area contributed by atoms with Crippen LogP contribution in [0.5, 0.6) is 0 Å². The SMILES string of the molecule is O=C(c1ccc2ccccc2c1)c1cnc(N[C@H]2OC(CO)[C@@H](O)[C@H](O)C2O)s1.[Ar]. The fourth-order valence-corrected chi connectivity index (χ4v) is 4.07. The number of aliphatic hydroxyl groups excluding tert-OH is 4. The van der Waals surface area contributed by atoms with E-state index in [2.05, 4.69) is 10.3 Å². The summed E-state index contributed by atoms with van der Waals surface area (Å²) in [4.78, 5) is 17.3. The molecule has 3 aromatic rings. The van der Waals surface area contributed by atoms with Gasteiger partial charge >= 0.3 is 0 Å². The Hall–Kier alpha value is -1.14. The van der Waals surface area contributed by atoms with Crippen molar-refractivity contribution in [1.29, 1.82) is 0 Å². The molecule has 1 aliphatic rings. The number of carbonyl (C=O) groups excluding carboxylic acids is 1. The molecule has 1 fully saturated rings. The van der Waals surface area contributed by atoms with Gasteiger partial charge in [-0.25, -0.2) is 4.98 Å². The number of hydrogen-bond acceptors (Lipinski definition) is 9. The maximum Gasteiger partial charge on any atom is 0.204 e. The summed E-state index contributed by atoms with van der Waals surface area (Å²) in [6.45, 7) is -0.521. The summed E-state index contributed by atoms with van der Waals surface area (Å²) < 4.78 is 5.40. The Morgan fingerprint density at radius 3 is 2.53 bits per heavy atom. The van der Waals surface area contributed by atoms with Gasteiger partial charge in [0, 0.05) is 43.3 Å². The molecule has 0 radical (unpaired) electrons. The second-order valence-electron chi connectivity index (χ2n) is 6.81. The van der Waals surface area contributed by atoms with Crippen LogP contribution in [0.1, 0.15) is 15.2 Å². The van der Waals surface area contributed by atoms with Crippen molar-refractivity contribution in [2.24, 2.45) is 0 Å². The molecule has 0 aliphatic carbocycles. The molecule has 0 bridgehead atoms. The smallest absolute Gasteiger partial charge is 0.204 e. The van der Waals surface area contributed by atoms with Gasteiger partial charge in [0.05, 0.1) is 17.7 Å². The van der Waals surface area contributed by atoms with Gasteiger partial charge < -0.3 is 30.5 Å². The Balaban J connectivity index is 0.00000256. The van der Waals surface area contributed by atoms with Crippen molar-refractivity contribution in [3.63, 3.8) is 0 Å². The fourth-order valence-electron chi connectivity index (χ4n) is 3.26. The normalized spacial score (nSPS) is 26.2. The number of hydrogen-bond donors (Lipinski definition) is 5. The van der Waals surface area contributed by atoms with Gasteiger partial charge in [-0.3, -0.25) is 4.79 Å². The Kier molecular flexibility index (Phi) is 7.83. The van der Waals surface area contributed by atoms with Crippen LogP contribution in [0.15, 0.2) is 48.7 Å². The maximum absolute atomic E-state index is 12.8. The number of ketones is 1. The van der Waals surface area contributed by atoms with E-state index in [-0.39, 0.29) is 43.5 Å². The van der Waals surface area contributed by atoms with Gasteiger partial charge in [-0.15, -0.1) is 0 Å². The topological polar surface area (TPSA) is 132 Å². The molecule has 2 heterocycles. The number of rotatable bonds is 5. The number of ether oxygens (including phenoxy) is 1. The first-order valence-electron chi connectivity index (χ1n) is 9.04. The zero-order chi connectivity index (χ0) is 20.5. The summed E-state index contributed by atoms with van der Waals surface area (Å²) >= 11 is 1.08. The molecule has 160 valence electrons. The number of nitrogens with zero attached hydrogens (tertiary/aromatic N) is 1. The Morgan fingerprint density at radius 2 is 1.80 bits per heavy atom. The molecular weight excluding hydrogens is 436 g/mol. The largest absolute Gasteiger partial charge is 0.394 e. The van der Waals surface area contributed by atoms with Crippen molar-refractivity contribution < 1.29 is 67.7 Å². The maximum atomic E-state index is 12.8. The molecule has 5 N–H and O–H groups in total. The van der Waals surface area contributed by atoms with Gasteiger partial charge in [-0.2, -0.15) is 0 Å². The molecule has 10 heteroatoms. The Morgan fingerprint density at radius 1 is 1.07 bits per heavy atom. The third-order valence-electron chi connectivity index (χ3n) is 4.90. The molecule has 0 saturated carbocycles. The number of thiazole rings is 1. The quantitative estimate of drug-likeness (QED) is 0.355. The van der Waals surface area contributed by atoms with E-state index in [1.54, 1.807) is 6.07 Å². The van der Waals surface area contributed by atoms with Crippen molar-refractivity contribution in [1.82, 2.24) is 4.98 Å². The van der Waals surface area contributed by atoms with Crippen molar-refractivity contribution in [2.75, 3.05) is 11.9 Å². The molecule has 2 aromatic carbocycles. The Labute approximate surface area is 206 Å². The number of fused-ring (bicyclic) bond motifs is 1. The second kappa shape index (κ2) is 9.99. The molecule has 0 amide bonds. The fraction of sp³-hybridized carbons (Fsp3) is 0.300. The molecule has 0 spiro atoms. The molecule has 2 unspecified atom stereocenters. The number of aliphatic hydroxyl groups is 4. The summed E-state index contributed by atoms with van der Waals surface area (Å²) in [7, 11) is 0. The third-order valence-corrected chi connectivity index (χ3v) is 5.83. The predicted octanol–water partition coefficient (Wildman–Crippen LogP) is 0.739. The van der Waals surface area contributed by atoms with Crippen molar-refractivity contribution in [3.8, 4) is 0 Å². The summed E-state index contributed by atoms with van der Waals surface area (Å²) in [5.74, 6) is -0.185. The van der Waals surface area contributed by atoms with Crippen LogP contribution >= 0.6 is 11.3 Å². The molecule has 1 aromatic heterocycles. The van der Waals surface area contributed by atoms with Crippen LogP contribution in [-0.2, 0) is 4.74 Å². The predicted molar refractivity (Wildman–Crippen MR) is 107 cm³/mol. The molecule has 5 atom stereocenters. The van der Waals surface area contributed by atoms with Crippen LogP contribution in [-0.4, -0.2) is 68.4 Å².